The van der Waals surface area contributed by atoms with Crippen molar-refractivity contribution in [2.24, 2.45) is 5.92 Å². The Morgan fingerprint density at radius 1 is 1.26 bits per heavy atom. The maximum Gasteiger partial charge on any atom is 0.272 e. The molecule has 2 amide bonds. The molecule has 0 atom stereocenters. The molecule has 0 spiro atoms. The summed E-state index contributed by atoms with van der Waals surface area (Å²) in [5.74, 6) is -0.933. The topological polar surface area (TPSA) is 93.1 Å². The van der Waals surface area contributed by atoms with Crippen LogP contribution in [0, 0.1) is 12.8 Å². The van der Waals surface area contributed by atoms with Gasteiger partial charge in [-0.3, -0.25) is 25.2 Å². The average Bonchev–Trinajstić information content (AvgIpc) is 2.52. The summed E-state index contributed by atoms with van der Waals surface area (Å²) in [6, 6.07) is 4.89. The Hall–Kier alpha value is -2.70. The van der Waals surface area contributed by atoms with Gasteiger partial charge in [-0.1, -0.05) is 13.8 Å². The van der Waals surface area contributed by atoms with Gasteiger partial charge in [0.1, 0.15) is 5.69 Å². The number of rotatable bonds is 3. The number of hydrogen-bond acceptors (Lipinski definition) is 4. The number of carbonyl (C=O) groups is 2. The molecule has 0 saturated carbocycles. The highest BCUT2D eigenvalue weighted by Crippen LogP contribution is 2.13. The first-order valence-corrected chi connectivity index (χ1v) is 7.46. The molecule has 23 heavy (non-hydrogen) atoms. The van der Waals surface area contributed by atoms with Crippen molar-refractivity contribution in [3.63, 3.8) is 0 Å². The van der Waals surface area contributed by atoms with E-state index in [0.29, 0.717) is 28.8 Å². The van der Waals surface area contributed by atoms with E-state index in [1.54, 1.807) is 43.5 Å². The number of fused-ring (bicyclic) bond motifs is 1. The number of aromatic nitrogens is 2. The summed E-state index contributed by atoms with van der Waals surface area (Å²) >= 11 is 0. The Bertz CT molecular complexity index is 824. The number of hydrazine groups is 1. The minimum Gasteiger partial charge on any atom is -0.305 e. The van der Waals surface area contributed by atoms with E-state index >= 15 is 0 Å². The molecule has 1 aromatic heterocycles. The summed E-state index contributed by atoms with van der Waals surface area (Å²) in [6.45, 7) is 7.50. The average molecular weight is 316 g/mol. The molecule has 0 unspecified atom stereocenters. The third kappa shape index (κ3) is 3.39. The molecule has 0 fully saturated rings. The third-order valence-corrected chi connectivity index (χ3v) is 3.51. The number of benzene rings is 1. The van der Waals surface area contributed by atoms with Crippen LogP contribution in [0.2, 0.25) is 0 Å². The molecule has 2 aromatic rings. The summed E-state index contributed by atoms with van der Waals surface area (Å²) in [4.78, 5) is 39.9. The van der Waals surface area contributed by atoms with Crippen LogP contribution in [-0.4, -0.2) is 21.4 Å². The van der Waals surface area contributed by atoms with E-state index in [-0.39, 0.29) is 17.4 Å². The number of hydrogen-bond donors (Lipinski definition) is 2. The van der Waals surface area contributed by atoms with Gasteiger partial charge >= 0.3 is 0 Å². The maximum absolute atomic E-state index is 12.1. The molecule has 0 aliphatic heterocycles. The highest BCUT2D eigenvalue weighted by molar-refractivity contribution is 5.98. The highest BCUT2D eigenvalue weighted by atomic mass is 16.2. The summed E-state index contributed by atoms with van der Waals surface area (Å²) in [5.41, 5.74) is 6.55. The van der Waals surface area contributed by atoms with Crippen molar-refractivity contribution < 1.29 is 9.59 Å². The van der Waals surface area contributed by atoms with Gasteiger partial charge in [-0.25, -0.2) is 4.98 Å². The molecule has 1 aromatic carbocycles. The van der Waals surface area contributed by atoms with Gasteiger partial charge in [0.25, 0.3) is 11.5 Å². The molecule has 0 radical (unpaired) electrons. The predicted molar refractivity (Wildman–Crippen MR) is 86.9 cm³/mol. The van der Waals surface area contributed by atoms with Gasteiger partial charge in [0.05, 0.1) is 11.0 Å². The standard InChI is InChI=1S/C16H20N4O3/c1-5-20-13-7-6-11(8-12(13)17-10(4)16(20)23)15(22)19-18-14(21)9(2)3/h6-9H,5H2,1-4H3,(H,18,21)(H,19,22). The molecule has 0 bridgehead atoms. The first-order chi connectivity index (χ1) is 10.8. The highest BCUT2D eigenvalue weighted by Gasteiger charge is 2.12. The van der Waals surface area contributed by atoms with Crippen molar-refractivity contribution in [2.75, 3.05) is 0 Å². The Balaban J connectivity index is 2.33. The Kier molecular flexibility index (Phi) is 4.78. The summed E-state index contributed by atoms with van der Waals surface area (Å²) in [6.07, 6.45) is 0. The minimum absolute atomic E-state index is 0.138. The normalized spacial score (nSPS) is 10.8. The molecule has 7 nitrogen and oxygen atoms in total. The zero-order valence-corrected chi connectivity index (χ0v) is 13.6. The van der Waals surface area contributed by atoms with E-state index in [0.717, 1.165) is 0 Å². The number of nitrogens with zero attached hydrogens (tertiary/aromatic N) is 2. The monoisotopic (exact) mass is 316 g/mol. The van der Waals surface area contributed by atoms with Crippen molar-refractivity contribution in [3.05, 3.63) is 39.8 Å². The molecular formula is C16H20N4O3. The Morgan fingerprint density at radius 2 is 1.96 bits per heavy atom. The lowest BCUT2D eigenvalue weighted by Crippen LogP contribution is -2.43. The number of aryl methyl sites for hydroxylation is 2. The lowest BCUT2D eigenvalue weighted by atomic mass is 10.1. The fraction of sp³-hybridized carbons (Fsp3) is 0.375. The lowest BCUT2D eigenvalue weighted by Gasteiger charge is -2.11. The molecule has 2 N–H and O–H groups in total. The van der Waals surface area contributed by atoms with Crippen molar-refractivity contribution in [1.82, 2.24) is 20.4 Å². The van der Waals surface area contributed by atoms with Gasteiger partial charge in [-0.2, -0.15) is 0 Å². The molecule has 7 heteroatoms. The van der Waals surface area contributed by atoms with E-state index in [1.807, 2.05) is 6.92 Å². The van der Waals surface area contributed by atoms with Crippen LogP contribution in [-0.2, 0) is 11.3 Å². The van der Waals surface area contributed by atoms with Gasteiger partial charge in [0.2, 0.25) is 5.91 Å². The number of nitrogens with one attached hydrogen (secondary N) is 2. The Morgan fingerprint density at radius 3 is 2.57 bits per heavy atom. The van der Waals surface area contributed by atoms with Crippen LogP contribution in [0.15, 0.2) is 23.0 Å². The van der Waals surface area contributed by atoms with E-state index in [4.69, 9.17) is 0 Å². The smallest absolute Gasteiger partial charge is 0.272 e. The summed E-state index contributed by atoms with van der Waals surface area (Å²) in [7, 11) is 0. The van der Waals surface area contributed by atoms with E-state index in [2.05, 4.69) is 15.8 Å². The van der Waals surface area contributed by atoms with Crippen molar-refractivity contribution in [3.8, 4) is 0 Å². The third-order valence-electron chi connectivity index (χ3n) is 3.51. The lowest BCUT2D eigenvalue weighted by molar-refractivity contribution is -0.124. The second kappa shape index (κ2) is 6.60. The zero-order valence-electron chi connectivity index (χ0n) is 13.6. The molecule has 0 aliphatic rings. The van der Waals surface area contributed by atoms with Crippen LogP contribution in [0.25, 0.3) is 11.0 Å². The number of carbonyl (C=O) groups excluding carboxylic acids is 2. The van der Waals surface area contributed by atoms with Crippen LogP contribution in [0.1, 0.15) is 36.8 Å². The maximum atomic E-state index is 12.1. The van der Waals surface area contributed by atoms with E-state index in [9.17, 15) is 14.4 Å². The Labute approximate surface area is 133 Å². The van der Waals surface area contributed by atoms with Gasteiger partial charge in [0.15, 0.2) is 0 Å². The summed E-state index contributed by atoms with van der Waals surface area (Å²) in [5, 5.41) is 0. The van der Waals surface area contributed by atoms with Crippen LogP contribution >= 0.6 is 0 Å². The van der Waals surface area contributed by atoms with Crippen LogP contribution < -0.4 is 16.4 Å². The van der Waals surface area contributed by atoms with Crippen LogP contribution in [0.3, 0.4) is 0 Å². The second-order valence-electron chi connectivity index (χ2n) is 5.55. The van der Waals surface area contributed by atoms with Gasteiger partial charge in [0, 0.05) is 18.0 Å². The fourth-order valence-corrected chi connectivity index (χ4v) is 2.16. The van der Waals surface area contributed by atoms with Crippen LogP contribution in [0.5, 0.6) is 0 Å². The zero-order chi connectivity index (χ0) is 17.1. The van der Waals surface area contributed by atoms with Gasteiger partial charge in [-0.15, -0.1) is 0 Å². The van der Waals surface area contributed by atoms with E-state index in [1.165, 1.54) is 0 Å². The molecule has 2 rings (SSSR count). The SMILES string of the molecule is CCn1c(=O)c(C)nc2cc(C(=O)NNC(=O)C(C)C)ccc21. The molecule has 0 aliphatic carbocycles. The minimum atomic E-state index is -0.436. The fourth-order valence-electron chi connectivity index (χ4n) is 2.16. The van der Waals surface area contributed by atoms with Crippen LogP contribution in [0.4, 0.5) is 0 Å². The largest absolute Gasteiger partial charge is 0.305 e. The first kappa shape index (κ1) is 16.7. The summed E-state index contributed by atoms with van der Waals surface area (Å²) < 4.78 is 1.61. The second-order valence-corrected chi connectivity index (χ2v) is 5.55. The number of amides is 2. The van der Waals surface area contributed by atoms with Crippen molar-refractivity contribution >= 4 is 22.8 Å². The predicted octanol–water partition coefficient (Wildman–Crippen LogP) is 1.14. The quantitative estimate of drug-likeness (QED) is 0.831. The van der Waals surface area contributed by atoms with Crippen molar-refractivity contribution in [1.29, 1.82) is 0 Å². The molecule has 0 saturated heterocycles. The van der Waals surface area contributed by atoms with Gasteiger partial charge < -0.3 is 4.57 Å². The van der Waals surface area contributed by atoms with Gasteiger partial charge in [-0.05, 0) is 32.0 Å². The molecule has 1 heterocycles. The van der Waals surface area contributed by atoms with Crippen molar-refractivity contribution in [2.45, 2.75) is 34.2 Å². The van der Waals surface area contributed by atoms with E-state index < -0.39 is 5.91 Å². The molecular weight excluding hydrogens is 296 g/mol. The molecule has 122 valence electrons. The first-order valence-electron chi connectivity index (χ1n) is 7.46.